The van der Waals surface area contributed by atoms with Gasteiger partial charge in [-0.1, -0.05) is 20.8 Å². The number of hydrogen-bond donors (Lipinski definition) is 0. The molecule has 0 atom stereocenters. The lowest BCUT2D eigenvalue weighted by Crippen LogP contribution is -2.38. The highest BCUT2D eigenvalue weighted by Crippen LogP contribution is 2.61. The van der Waals surface area contributed by atoms with E-state index in [9.17, 15) is 4.57 Å². The van der Waals surface area contributed by atoms with Gasteiger partial charge in [-0.25, -0.2) is 4.57 Å². The van der Waals surface area contributed by atoms with Crippen LogP contribution in [-0.2, 0) is 18.1 Å². The van der Waals surface area contributed by atoms with Gasteiger partial charge in [-0.05, 0) is 19.3 Å². The van der Waals surface area contributed by atoms with Crippen LogP contribution in [0.1, 0.15) is 78.6 Å². The summed E-state index contributed by atoms with van der Waals surface area (Å²) in [7, 11) is -4.39. The van der Waals surface area contributed by atoms with Crippen LogP contribution in [0.4, 0.5) is 0 Å². The fourth-order valence-electron chi connectivity index (χ4n) is 3.21. The third-order valence-electron chi connectivity index (χ3n) is 5.39. The molecule has 0 unspecified atom stereocenters. The molecule has 4 nitrogen and oxygen atoms in total. The Kier molecular flexibility index (Phi) is 12.7. The highest BCUT2D eigenvalue weighted by Gasteiger charge is 2.49. The second-order valence-corrected chi connectivity index (χ2v) is 9.06. The van der Waals surface area contributed by atoms with Gasteiger partial charge in [0.2, 0.25) is 0 Å². The molecule has 0 N–H and O–H groups in total. The molecule has 0 bridgehead atoms. The van der Waals surface area contributed by atoms with Crippen molar-refractivity contribution in [1.82, 2.24) is 0 Å². The molecule has 0 aromatic carbocycles. The summed E-state index contributed by atoms with van der Waals surface area (Å²) in [5.74, 6) is 15.2. The molecule has 0 amide bonds. The maximum absolute atomic E-state index is 14.3. The van der Waals surface area contributed by atoms with E-state index in [2.05, 4.69) is 35.5 Å². The third kappa shape index (κ3) is 8.19. The first-order chi connectivity index (χ1) is 15.2. The zero-order valence-electron chi connectivity index (χ0n) is 19.4. The highest BCUT2D eigenvalue weighted by molar-refractivity contribution is 7.48. The van der Waals surface area contributed by atoms with Crippen LogP contribution in [0, 0.1) is 74.1 Å². The van der Waals surface area contributed by atoms with Crippen LogP contribution in [0.15, 0.2) is 0 Å². The first kappa shape index (κ1) is 29.5. The largest absolute Gasteiger partial charge is 0.476 e. The molecule has 0 saturated heterocycles. The zero-order valence-corrected chi connectivity index (χ0v) is 20.3. The minimum atomic E-state index is -4.39. The Balaban J connectivity index is 6.72. The van der Waals surface area contributed by atoms with Crippen molar-refractivity contribution in [2.75, 3.05) is 0 Å². The average Bonchev–Trinajstić information content (AvgIpc) is 2.74. The van der Waals surface area contributed by atoms with E-state index in [0.29, 0.717) is 19.3 Å². The molecular weight excluding hydrogens is 419 g/mol. The van der Waals surface area contributed by atoms with Crippen molar-refractivity contribution in [1.29, 1.82) is 0 Å². The monoisotopic (exact) mass is 452 g/mol. The number of hydrogen-bond acceptors (Lipinski definition) is 4. The lowest BCUT2D eigenvalue weighted by Gasteiger charge is -2.41. The molecule has 0 aromatic heterocycles. The van der Waals surface area contributed by atoms with E-state index in [0.717, 1.165) is 0 Å². The Bertz CT molecular complexity index is 737. The van der Waals surface area contributed by atoms with Gasteiger partial charge in [0.05, 0.1) is 0 Å². The summed E-state index contributed by atoms with van der Waals surface area (Å²) >= 11 is 0. The molecule has 0 fully saturated rings. The predicted molar refractivity (Wildman–Crippen MR) is 131 cm³/mol. The third-order valence-corrected chi connectivity index (χ3v) is 7.23. The molecule has 170 valence electrons. The van der Waals surface area contributed by atoms with Gasteiger partial charge in [0, 0.05) is 38.5 Å². The first-order valence-corrected chi connectivity index (χ1v) is 12.0. The van der Waals surface area contributed by atoms with Crippen molar-refractivity contribution in [3.05, 3.63) is 0 Å². The van der Waals surface area contributed by atoms with Crippen molar-refractivity contribution >= 4 is 7.82 Å². The molecule has 0 rings (SSSR count). The predicted octanol–water partition coefficient (Wildman–Crippen LogP) is 5.73. The molecule has 0 aliphatic heterocycles. The lowest BCUT2D eigenvalue weighted by atomic mass is 9.93. The number of rotatable bonds is 15. The number of phosphoric acid groups is 1. The number of terminal acetylenes is 6. The summed E-state index contributed by atoms with van der Waals surface area (Å²) in [6.07, 6.45) is 35.0. The van der Waals surface area contributed by atoms with Crippen molar-refractivity contribution in [2.45, 2.75) is 95.4 Å². The van der Waals surface area contributed by atoms with Gasteiger partial charge < -0.3 is 0 Å². The van der Waals surface area contributed by atoms with Gasteiger partial charge in [-0.3, -0.25) is 13.6 Å². The van der Waals surface area contributed by atoms with E-state index >= 15 is 0 Å². The maximum Gasteiger partial charge on any atom is 0.476 e. The minimum Gasteiger partial charge on any atom is -0.278 e. The molecule has 0 spiro atoms. The molecule has 32 heavy (non-hydrogen) atoms. The van der Waals surface area contributed by atoms with E-state index in [1.807, 2.05) is 20.8 Å². The van der Waals surface area contributed by atoms with Crippen molar-refractivity contribution in [2.24, 2.45) is 0 Å². The number of phosphoric ester groups is 1. The van der Waals surface area contributed by atoms with E-state index in [1.165, 1.54) is 0 Å². The smallest absolute Gasteiger partial charge is 0.278 e. The zero-order chi connectivity index (χ0) is 24.7. The van der Waals surface area contributed by atoms with Gasteiger partial charge >= 0.3 is 7.82 Å². The second kappa shape index (κ2) is 13.8. The van der Waals surface area contributed by atoms with Gasteiger partial charge in [0.25, 0.3) is 0 Å². The van der Waals surface area contributed by atoms with Crippen LogP contribution in [0.2, 0.25) is 0 Å². The Morgan fingerprint density at radius 2 is 0.719 bits per heavy atom. The standard InChI is InChI=1S/C27H33O4P/c1-10-19-25(16-7,20-11-2)29-32(28,30-26(17-8,21-12-3)22-13-4)31-27(18-9,23-14-5)24-15-6/h1-6H,16-24H2,7-9H3. The quantitative estimate of drug-likeness (QED) is 0.235. The van der Waals surface area contributed by atoms with E-state index in [-0.39, 0.29) is 38.5 Å². The Labute approximate surface area is 195 Å². The van der Waals surface area contributed by atoms with Gasteiger partial charge in [-0.15, -0.1) is 74.1 Å². The second-order valence-electron chi connectivity index (χ2n) is 7.62. The molecule has 0 aromatic rings. The van der Waals surface area contributed by atoms with E-state index in [4.69, 9.17) is 52.1 Å². The van der Waals surface area contributed by atoms with Crippen molar-refractivity contribution < 1.29 is 18.1 Å². The highest BCUT2D eigenvalue weighted by atomic mass is 31.2. The molecule has 0 aliphatic rings. The summed E-state index contributed by atoms with van der Waals surface area (Å²) < 4.78 is 32.6. The summed E-state index contributed by atoms with van der Waals surface area (Å²) in [6.45, 7) is 5.47. The van der Waals surface area contributed by atoms with E-state index < -0.39 is 24.6 Å². The minimum absolute atomic E-state index is 0.0945. The summed E-state index contributed by atoms with van der Waals surface area (Å²) in [5, 5.41) is 0. The van der Waals surface area contributed by atoms with Crippen LogP contribution in [0.3, 0.4) is 0 Å². The van der Waals surface area contributed by atoms with Gasteiger partial charge in [0.1, 0.15) is 16.8 Å². The van der Waals surface area contributed by atoms with Crippen molar-refractivity contribution in [3.8, 4) is 74.1 Å². The maximum atomic E-state index is 14.3. The van der Waals surface area contributed by atoms with Gasteiger partial charge in [-0.2, -0.15) is 0 Å². The van der Waals surface area contributed by atoms with Crippen LogP contribution in [0.25, 0.3) is 0 Å². The summed E-state index contributed by atoms with van der Waals surface area (Å²) in [5.41, 5.74) is -3.43. The Hall–Kier alpha value is -2.53. The average molecular weight is 453 g/mol. The molecular formula is C27H33O4P. The fourth-order valence-corrected chi connectivity index (χ4v) is 5.52. The molecule has 0 radical (unpaired) electrons. The molecule has 0 saturated carbocycles. The summed E-state index contributed by atoms with van der Waals surface area (Å²) in [4.78, 5) is 0. The topological polar surface area (TPSA) is 44.8 Å². The van der Waals surface area contributed by atoms with Crippen LogP contribution >= 0.6 is 7.82 Å². The molecule has 0 aliphatic carbocycles. The SMILES string of the molecule is C#CCC(CC)(CC#C)OP(=O)(OC(CC)(CC#C)CC#C)OC(CC)(CC#C)CC#C. The van der Waals surface area contributed by atoms with Crippen LogP contribution < -0.4 is 0 Å². The van der Waals surface area contributed by atoms with Crippen LogP contribution in [-0.4, -0.2) is 16.8 Å². The van der Waals surface area contributed by atoms with Gasteiger partial charge in [0.15, 0.2) is 0 Å². The Morgan fingerprint density at radius 1 is 0.531 bits per heavy atom. The van der Waals surface area contributed by atoms with Crippen molar-refractivity contribution in [3.63, 3.8) is 0 Å². The summed E-state index contributed by atoms with van der Waals surface area (Å²) in [6, 6.07) is 0. The normalized spacial score (nSPS) is 11.8. The fraction of sp³-hybridized carbons (Fsp3) is 0.556. The Morgan fingerprint density at radius 3 is 0.844 bits per heavy atom. The first-order valence-electron chi connectivity index (χ1n) is 10.5. The van der Waals surface area contributed by atoms with Crippen LogP contribution in [0.5, 0.6) is 0 Å². The van der Waals surface area contributed by atoms with E-state index in [1.54, 1.807) is 0 Å². The molecule has 5 heteroatoms. The lowest BCUT2D eigenvalue weighted by molar-refractivity contribution is -0.0649. The molecule has 0 heterocycles.